The van der Waals surface area contributed by atoms with Gasteiger partial charge in [0, 0.05) is 38.6 Å². The van der Waals surface area contributed by atoms with E-state index in [1.165, 1.54) is 22.3 Å². The number of carbonyl (C=O) groups is 1. The van der Waals surface area contributed by atoms with Crippen molar-refractivity contribution in [3.8, 4) is 0 Å². The number of rotatable bonds is 2. The van der Waals surface area contributed by atoms with E-state index in [4.69, 9.17) is 4.98 Å². The molecule has 1 aliphatic carbocycles. The molecule has 1 aromatic carbocycles. The van der Waals surface area contributed by atoms with Gasteiger partial charge in [-0.1, -0.05) is 35.9 Å². The SMILES string of the molecule is Cc1ccc2c(c1)CCc1cccnc1C2N1CCN(C(=O)Nc2ccccn2)CC1. The molecule has 3 aromatic rings. The number of aryl methyl sites for hydroxylation is 3. The Morgan fingerprint density at radius 3 is 2.55 bits per heavy atom. The van der Waals surface area contributed by atoms with Crippen molar-refractivity contribution in [3.05, 3.63) is 88.9 Å². The highest BCUT2D eigenvalue weighted by Crippen LogP contribution is 2.36. The maximum absolute atomic E-state index is 12.7. The summed E-state index contributed by atoms with van der Waals surface area (Å²) in [7, 11) is 0. The topological polar surface area (TPSA) is 61.4 Å². The van der Waals surface area contributed by atoms with Crippen LogP contribution in [0.25, 0.3) is 0 Å². The van der Waals surface area contributed by atoms with E-state index in [1.807, 2.05) is 29.3 Å². The minimum Gasteiger partial charge on any atom is -0.322 e. The first kappa shape index (κ1) is 19.7. The van der Waals surface area contributed by atoms with Crippen molar-refractivity contribution in [3.63, 3.8) is 0 Å². The monoisotopic (exact) mass is 413 g/mol. The predicted octanol–water partition coefficient (Wildman–Crippen LogP) is 3.82. The molecule has 6 nitrogen and oxygen atoms in total. The third kappa shape index (κ3) is 4.03. The van der Waals surface area contributed by atoms with Crippen molar-refractivity contribution in [2.75, 3.05) is 31.5 Å². The average molecular weight is 414 g/mol. The Morgan fingerprint density at radius 1 is 0.935 bits per heavy atom. The Bertz CT molecular complexity index is 1080. The highest BCUT2D eigenvalue weighted by Gasteiger charge is 2.33. The predicted molar refractivity (Wildman–Crippen MR) is 121 cm³/mol. The summed E-state index contributed by atoms with van der Waals surface area (Å²) in [5.74, 6) is 0.584. The molecule has 31 heavy (non-hydrogen) atoms. The van der Waals surface area contributed by atoms with Gasteiger partial charge in [0.05, 0.1) is 11.7 Å². The molecule has 0 bridgehead atoms. The smallest absolute Gasteiger partial charge is 0.322 e. The number of nitrogens with one attached hydrogen (secondary N) is 1. The second-order valence-electron chi connectivity index (χ2n) is 8.32. The fraction of sp³-hybridized carbons (Fsp3) is 0.320. The van der Waals surface area contributed by atoms with E-state index in [-0.39, 0.29) is 12.1 Å². The first-order chi connectivity index (χ1) is 15.2. The maximum Gasteiger partial charge on any atom is 0.323 e. The van der Waals surface area contributed by atoms with Crippen LogP contribution in [0.5, 0.6) is 0 Å². The van der Waals surface area contributed by atoms with Gasteiger partial charge in [0.1, 0.15) is 5.82 Å². The van der Waals surface area contributed by atoms with Gasteiger partial charge in [-0.3, -0.25) is 15.2 Å². The van der Waals surface area contributed by atoms with Gasteiger partial charge in [-0.15, -0.1) is 0 Å². The molecule has 1 aliphatic heterocycles. The number of pyridine rings is 2. The van der Waals surface area contributed by atoms with Crippen LogP contribution in [0, 0.1) is 6.92 Å². The highest BCUT2D eigenvalue weighted by molar-refractivity contribution is 5.88. The fourth-order valence-electron chi connectivity index (χ4n) is 4.72. The van der Waals surface area contributed by atoms with Crippen molar-refractivity contribution in [2.45, 2.75) is 25.8 Å². The Balaban J connectivity index is 1.37. The molecule has 1 fully saturated rings. The molecule has 5 rings (SSSR count). The molecule has 2 amide bonds. The van der Waals surface area contributed by atoms with Crippen molar-refractivity contribution >= 4 is 11.8 Å². The minimum atomic E-state index is -0.0891. The van der Waals surface area contributed by atoms with Crippen LogP contribution in [-0.4, -0.2) is 52.0 Å². The highest BCUT2D eigenvalue weighted by atomic mass is 16.2. The van der Waals surface area contributed by atoms with E-state index < -0.39 is 0 Å². The Morgan fingerprint density at radius 2 is 1.74 bits per heavy atom. The molecule has 1 saturated heterocycles. The number of hydrogen-bond donors (Lipinski definition) is 1. The largest absolute Gasteiger partial charge is 0.323 e. The van der Waals surface area contributed by atoms with Gasteiger partial charge in [-0.05, 0) is 54.7 Å². The van der Waals surface area contributed by atoms with E-state index in [0.29, 0.717) is 18.9 Å². The number of amides is 2. The lowest BCUT2D eigenvalue weighted by atomic mass is 9.94. The van der Waals surface area contributed by atoms with Crippen LogP contribution in [-0.2, 0) is 12.8 Å². The summed E-state index contributed by atoms with van der Waals surface area (Å²) in [5, 5.41) is 2.90. The number of urea groups is 1. The molecule has 1 atom stereocenters. The van der Waals surface area contributed by atoms with Crippen molar-refractivity contribution in [2.24, 2.45) is 0 Å². The number of piperazine rings is 1. The summed E-state index contributed by atoms with van der Waals surface area (Å²) >= 11 is 0. The van der Waals surface area contributed by atoms with Gasteiger partial charge >= 0.3 is 6.03 Å². The molecule has 158 valence electrons. The first-order valence-electron chi connectivity index (χ1n) is 10.9. The standard InChI is InChI=1S/C25H27N5O/c1-18-7-10-21-20(17-18)9-8-19-5-4-12-27-23(19)24(21)29-13-15-30(16-14-29)25(31)28-22-6-2-3-11-26-22/h2-7,10-12,17,24H,8-9,13-16H2,1H3,(H,26,28,31). The number of hydrogen-bond acceptors (Lipinski definition) is 4. The summed E-state index contributed by atoms with van der Waals surface area (Å²) < 4.78 is 0. The quantitative estimate of drug-likeness (QED) is 0.694. The van der Waals surface area contributed by atoms with E-state index >= 15 is 0 Å². The molecule has 2 aromatic heterocycles. The van der Waals surface area contributed by atoms with Crippen molar-refractivity contribution in [1.29, 1.82) is 0 Å². The van der Waals surface area contributed by atoms with Gasteiger partial charge in [0.15, 0.2) is 0 Å². The van der Waals surface area contributed by atoms with E-state index in [9.17, 15) is 4.79 Å². The van der Waals surface area contributed by atoms with E-state index in [2.05, 4.69) is 46.4 Å². The molecule has 3 heterocycles. The molecule has 0 spiro atoms. The molecular formula is C25H27N5O. The number of carbonyl (C=O) groups excluding carboxylic acids is 1. The number of aromatic nitrogens is 2. The number of nitrogens with zero attached hydrogens (tertiary/aromatic N) is 4. The van der Waals surface area contributed by atoms with Crippen LogP contribution in [0.3, 0.4) is 0 Å². The summed E-state index contributed by atoms with van der Waals surface area (Å²) in [4.78, 5) is 26.1. The van der Waals surface area contributed by atoms with Crippen LogP contribution >= 0.6 is 0 Å². The summed E-state index contributed by atoms with van der Waals surface area (Å²) in [5.41, 5.74) is 6.56. The number of anilines is 1. The van der Waals surface area contributed by atoms with Gasteiger partial charge in [-0.2, -0.15) is 0 Å². The first-order valence-corrected chi connectivity index (χ1v) is 10.9. The van der Waals surface area contributed by atoms with Crippen LogP contribution in [0.2, 0.25) is 0 Å². The zero-order chi connectivity index (χ0) is 21.2. The van der Waals surface area contributed by atoms with Gasteiger partial charge in [0.2, 0.25) is 0 Å². The average Bonchev–Trinajstić information content (AvgIpc) is 2.96. The number of benzene rings is 1. The van der Waals surface area contributed by atoms with Crippen LogP contribution < -0.4 is 5.32 Å². The van der Waals surface area contributed by atoms with Crippen LogP contribution in [0.15, 0.2) is 60.9 Å². The second-order valence-corrected chi connectivity index (χ2v) is 8.32. The zero-order valence-electron chi connectivity index (χ0n) is 17.8. The molecule has 6 heteroatoms. The molecular weight excluding hydrogens is 386 g/mol. The third-order valence-corrected chi connectivity index (χ3v) is 6.31. The second kappa shape index (κ2) is 8.47. The van der Waals surface area contributed by atoms with Crippen LogP contribution in [0.1, 0.15) is 34.0 Å². The molecule has 1 unspecified atom stereocenters. The lowest BCUT2D eigenvalue weighted by molar-refractivity contribution is 0.125. The van der Waals surface area contributed by atoms with Gasteiger partial charge < -0.3 is 4.90 Å². The summed E-state index contributed by atoms with van der Waals surface area (Å²) in [6.07, 6.45) is 5.64. The molecule has 0 radical (unpaired) electrons. The Kier molecular flexibility index (Phi) is 5.38. The van der Waals surface area contributed by atoms with Crippen molar-refractivity contribution in [1.82, 2.24) is 19.8 Å². The summed E-state index contributed by atoms with van der Waals surface area (Å²) in [6.45, 7) is 5.13. The molecule has 0 saturated carbocycles. The summed E-state index contributed by atoms with van der Waals surface area (Å²) in [6, 6.07) is 16.6. The van der Waals surface area contributed by atoms with E-state index in [1.54, 1.807) is 12.3 Å². The minimum absolute atomic E-state index is 0.0891. The Hall–Kier alpha value is -3.25. The lowest BCUT2D eigenvalue weighted by Gasteiger charge is -2.39. The number of fused-ring (bicyclic) bond motifs is 2. The van der Waals surface area contributed by atoms with Gasteiger partial charge in [0.25, 0.3) is 0 Å². The molecule has 2 aliphatic rings. The molecule has 1 N–H and O–H groups in total. The fourth-order valence-corrected chi connectivity index (χ4v) is 4.72. The van der Waals surface area contributed by atoms with Crippen LogP contribution in [0.4, 0.5) is 10.6 Å². The zero-order valence-corrected chi connectivity index (χ0v) is 17.8. The van der Waals surface area contributed by atoms with Gasteiger partial charge in [-0.25, -0.2) is 9.78 Å². The third-order valence-electron chi connectivity index (χ3n) is 6.31. The Labute approximate surface area is 182 Å². The lowest BCUT2D eigenvalue weighted by Crippen LogP contribution is -2.51. The maximum atomic E-state index is 12.7. The van der Waals surface area contributed by atoms with Crippen molar-refractivity contribution < 1.29 is 4.79 Å². The normalized spacial score (nSPS) is 18.6. The van der Waals surface area contributed by atoms with E-state index in [0.717, 1.165) is 31.6 Å².